The van der Waals surface area contributed by atoms with Gasteiger partial charge in [-0.2, -0.15) is 0 Å². The molecule has 0 unspecified atom stereocenters. The third-order valence-corrected chi connectivity index (χ3v) is 4.61. The molecule has 0 spiro atoms. The van der Waals surface area contributed by atoms with Crippen molar-refractivity contribution in [2.45, 2.75) is 53.0 Å². The lowest BCUT2D eigenvalue weighted by Crippen LogP contribution is -2.25. The number of carbonyl (C=O) groups excluding carboxylic acids is 1. The van der Waals surface area contributed by atoms with Gasteiger partial charge in [0, 0.05) is 16.2 Å². The minimum Gasteiger partial charge on any atom is -0.351 e. The Balaban J connectivity index is 2.28. The molecule has 0 aliphatic heterocycles. The number of hydrogen-bond acceptors (Lipinski definition) is 3. The maximum Gasteiger partial charge on any atom is 0.220 e. The summed E-state index contributed by atoms with van der Waals surface area (Å²) in [7, 11) is 0. The summed E-state index contributed by atoms with van der Waals surface area (Å²) in [5, 5.41) is 2.99. The first-order valence-electron chi connectivity index (χ1n) is 7.01. The molecule has 0 fully saturated rings. The van der Waals surface area contributed by atoms with Crippen LogP contribution in [0.15, 0.2) is 12.1 Å². The maximum absolute atomic E-state index is 11.8. The van der Waals surface area contributed by atoms with Crippen LogP contribution in [0.5, 0.6) is 0 Å². The van der Waals surface area contributed by atoms with Crippen molar-refractivity contribution in [2.24, 2.45) is 11.1 Å². The zero-order chi connectivity index (χ0) is 14.3. The molecule has 1 aromatic heterocycles. The molecule has 1 heterocycles. The molecular weight excluding hydrogens is 256 g/mol. The van der Waals surface area contributed by atoms with Gasteiger partial charge in [0.1, 0.15) is 0 Å². The predicted octanol–water partition coefficient (Wildman–Crippen LogP) is 3.08. The van der Waals surface area contributed by atoms with E-state index >= 15 is 0 Å². The van der Waals surface area contributed by atoms with Crippen LogP contribution in [0.3, 0.4) is 0 Å². The van der Waals surface area contributed by atoms with E-state index in [1.165, 1.54) is 9.75 Å². The van der Waals surface area contributed by atoms with Crippen LogP contribution in [0.25, 0.3) is 0 Å². The Kier molecular flexibility index (Phi) is 6.52. The van der Waals surface area contributed by atoms with Crippen LogP contribution >= 0.6 is 11.3 Å². The molecule has 0 saturated heterocycles. The van der Waals surface area contributed by atoms with Gasteiger partial charge in [-0.3, -0.25) is 4.79 Å². The summed E-state index contributed by atoms with van der Waals surface area (Å²) in [6.07, 6.45) is 3.50. The predicted molar refractivity (Wildman–Crippen MR) is 82.2 cm³/mol. The van der Waals surface area contributed by atoms with Gasteiger partial charge in [-0.1, -0.05) is 20.8 Å². The number of amides is 1. The fourth-order valence-electron chi connectivity index (χ4n) is 1.95. The number of aryl methyl sites for hydroxylation is 1. The van der Waals surface area contributed by atoms with Gasteiger partial charge in [0.15, 0.2) is 0 Å². The highest BCUT2D eigenvalue weighted by Crippen LogP contribution is 2.25. The van der Waals surface area contributed by atoms with Crippen LogP contribution in [0.2, 0.25) is 0 Å². The molecule has 0 aliphatic rings. The molecule has 1 rings (SSSR count). The average molecular weight is 282 g/mol. The summed E-state index contributed by atoms with van der Waals surface area (Å²) in [5.74, 6) is 0.136. The first kappa shape index (κ1) is 16.2. The van der Waals surface area contributed by atoms with Crippen LogP contribution in [-0.2, 0) is 17.8 Å². The largest absolute Gasteiger partial charge is 0.351 e. The van der Waals surface area contributed by atoms with Crippen LogP contribution in [-0.4, -0.2) is 12.5 Å². The molecule has 0 aliphatic carbocycles. The van der Waals surface area contributed by atoms with E-state index in [0.29, 0.717) is 19.5 Å². The Morgan fingerprint density at radius 3 is 2.58 bits per heavy atom. The molecule has 108 valence electrons. The molecular formula is C15H26N2OS. The standard InChI is InChI=1S/C15H26N2OS/c1-4-12-5-6-13(19-12)11-17-14(18)7-8-15(2,3)9-10-16/h5-6H,4,7-11,16H2,1-3H3,(H,17,18). The topological polar surface area (TPSA) is 55.1 Å². The molecule has 1 aromatic rings. The van der Waals surface area contributed by atoms with E-state index in [1.54, 1.807) is 11.3 Å². The van der Waals surface area contributed by atoms with E-state index in [0.717, 1.165) is 19.3 Å². The minimum absolute atomic E-state index is 0.136. The summed E-state index contributed by atoms with van der Waals surface area (Å²) < 4.78 is 0. The van der Waals surface area contributed by atoms with Crippen LogP contribution in [0.1, 0.15) is 49.8 Å². The smallest absolute Gasteiger partial charge is 0.220 e. The number of nitrogens with one attached hydrogen (secondary N) is 1. The normalized spacial score (nSPS) is 11.6. The molecule has 1 amide bonds. The van der Waals surface area contributed by atoms with Crippen molar-refractivity contribution in [1.29, 1.82) is 0 Å². The Hall–Kier alpha value is -0.870. The van der Waals surface area contributed by atoms with E-state index in [2.05, 4.69) is 38.2 Å². The number of rotatable bonds is 8. The van der Waals surface area contributed by atoms with Crippen molar-refractivity contribution in [3.05, 3.63) is 21.9 Å². The van der Waals surface area contributed by atoms with Crippen LogP contribution < -0.4 is 11.1 Å². The Morgan fingerprint density at radius 1 is 1.32 bits per heavy atom. The fraction of sp³-hybridized carbons (Fsp3) is 0.667. The monoisotopic (exact) mass is 282 g/mol. The summed E-state index contributed by atoms with van der Waals surface area (Å²) in [5.41, 5.74) is 5.73. The van der Waals surface area contributed by atoms with Gasteiger partial charge in [0.05, 0.1) is 6.54 Å². The van der Waals surface area contributed by atoms with Gasteiger partial charge < -0.3 is 11.1 Å². The summed E-state index contributed by atoms with van der Waals surface area (Å²) in [4.78, 5) is 14.4. The third kappa shape index (κ3) is 6.21. The quantitative estimate of drug-likeness (QED) is 0.770. The first-order chi connectivity index (χ1) is 8.96. The van der Waals surface area contributed by atoms with Gasteiger partial charge in [0.2, 0.25) is 5.91 Å². The second kappa shape index (κ2) is 7.65. The molecule has 0 atom stereocenters. The average Bonchev–Trinajstić information content (AvgIpc) is 2.82. The number of thiophene rings is 1. The van der Waals surface area contributed by atoms with Crippen LogP contribution in [0, 0.1) is 5.41 Å². The Bertz CT molecular complexity index is 399. The molecule has 0 saturated carbocycles. The second-order valence-electron chi connectivity index (χ2n) is 5.70. The second-order valence-corrected chi connectivity index (χ2v) is 6.95. The van der Waals surface area contributed by atoms with Gasteiger partial charge in [-0.15, -0.1) is 11.3 Å². The van der Waals surface area contributed by atoms with E-state index in [4.69, 9.17) is 5.73 Å². The van der Waals surface area contributed by atoms with Crippen molar-refractivity contribution in [1.82, 2.24) is 5.32 Å². The summed E-state index contributed by atoms with van der Waals surface area (Å²) in [6.45, 7) is 7.82. The summed E-state index contributed by atoms with van der Waals surface area (Å²) in [6, 6.07) is 4.23. The Labute approximate surface area is 120 Å². The van der Waals surface area contributed by atoms with E-state index in [1.807, 2.05) is 0 Å². The zero-order valence-corrected chi connectivity index (χ0v) is 13.1. The molecule has 0 radical (unpaired) electrons. The molecule has 3 nitrogen and oxygen atoms in total. The van der Waals surface area contributed by atoms with Gasteiger partial charge in [0.25, 0.3) is 0 Å². The maximum atomic E-state index is 11.8. The fourth-order valence-corrected chi connectivity index (χ4v) is 2.85. The number of hydrogen-bond donors (Lipinski definition) is 2. The lowest BCUT2D eigenvalue weighted by molar-refractivity contribution is -0.121. The molecule has 0 aromatic carbocycles. The third-order valence-electron chi connectivity index (χ3n) is 3.38. The first-order valence-corrected chi connectivity index (χ1v) is 7.83. The molecule has 3 N–H and O–H groups in total. The minimum atomic E-state index is 0.136. The van der Waals surface area contributed by atoms with E-state index in [9.17, 15) is 4.79 Å². The van der Waals surface area contributed by atoms with Crippen molar-refractivity contribution >= 4 is 17.2 Å². The van der Waals surface area contributed by atoms with Crippen LogP contribution in [0.4, 0.5) is 0 Å². The number of nitrogens with two attached hydrogens (primary N) is 1. The highest BCUT2D eigenvalue weighted by molar-refractivity contribution is 7.11. The molecule has 19 heavy (non-hydrogen) atoms. The number of carbonyl (C=O) groups is 1. The highest BCUT2D eigenvalue weighted by atomic mass is 32.1. The highest BCUT2D eigenvalue weighted by Gasteiger charge is 2.18. The van der Waals surface area contributed by atoms with Crippen molar-refractivity contribution in [3.63, 3.8) is 0 Å². The lowest BCUT2D eigenvalue weighted by Gasteiger charge is -2.23. The molecule has 4 heteroatoms. The van der Waals surface area contributed by atoms with E-state index in [-0.39, 0.29) is 11.3 Å². The van der Waals surface area contributed by atoms with Crippen molar-refractivity contribution < 1.29 is 4.79 Å². The van der Waals surface area contributed by atoms with Crippen molar-refractivity contribution in [2.75, 3.05) is 6.54 Å². The van der Waals surface area contributed by atoms with Crippen molar-refractivity contribution in [3.8, 4) is 0 Å². The summed E-state index contributed by atoms with van der Waals surface area (Å²) >= 11 is 1.78. The van der Waals surface area contributed by atoms with Gasteiger partial charge in [-0.05, 0) is 43.4 Å². The van der Waals surface area contributed by atoms with Gasteiger partial charge in [-0.25, -0.2) is 0 Å². The zero-order valence-electron chi connectivity index (χ0n) is 12.3. The van der Waals surface area contributed by atoms with Gasteiger partial charge >= 0.3 is 0 Å². The Morgan fingerprint density at radius 2 is 2.00 bits per heavy atom. The van der Waals surface area contributed by atoms with E-state index < -0.39 is 0 Å². The lowest BCUT2D eigenvalue weighted by atomic mass is 9.84. The SMILES string of the molecule is CCc1ccc(CNC(=O)CCC(C)(C)CCN)s1. The molecule has 0 bridgehead atoms.